The molecule has 0 aromatic carbocycles. The summed E-state index contributed by atoms with van der Waals surface area (Å²) in [5, 5.41) is 0.318. The maximum Gasteiger partial charge on any atom is 0.0628 e. The molecule has 0 aliphatic carbocycles. The molecule has 0 saturated carbocycles. The molecule has 0 heterocycles. The number of hydrogen-bond acceptors (Lipinski definition) is 0. The summed E-state index contributed by atoms with van der Waals surface area (Å²) in [6, 6.07) is 2.80. The molecule has 0 radical (unpaired) electrons. The molecule has 0 bridgehead atoms. The zero-order chi connectivity index (χ0) is 10.1. The van der Waals surface area contributed by atoms with E-state index in [-0.39, 0.29) is 0 Å². The van der Waals surface area contributed by atoms with E-state index in [0.717, 1.165) is 0 Å². The molecule has 1 unspecified atom stereocenters. The Balaban J connectivity index is 3.79. The minimum atomic E-state index is -0.716. The molecular formula is C11H23ClSi. The fraction of sp³-hybridized carbons (Fsp3) is 0.818. The Morgan fingerprint density at radius 1 is 1.23 bits per heavy atom. The Morgan fingerprint density at radius 2 is 1.69 bits per heavy atom. The van der Waals surface area contributed by atoms with Gasteiger partial charge in [-0.1, -0.05) is 57.7 Å². The summed E-state index contributed by atoms with van der Waals surface area (Å²) in [6.45, 7) is 8.31. The summed E-state index contributed by atoms with van der Waals surface area (Å²) < 4.78 is 0. The Labute approximate surface area is 90.0 Å². The molecule has 0 fully saturated rings. The minimum Gasteiger partial charge on any atom is -0.123 e. The molecule has 2 heteroatoms. The van der Waals surface area contributed by atoms with Crippen molar-refractivity contribution >= 4 is 20.4 Å². The van der Waals surface area contributed by atoms with E-state index >= 15 is 0 Å². The lowest BCUT2D eigenvalue weighted by Crippen LogP contribution is -2.24. The molecule has 0 rings (SSSR count). The van der Waals surface area contributed by atoms with Gasteiger partial charge in [-0.3, -0.25) is 0 Å². The minimum absolute atomic E-state index is 0.318. The summed E-state index contributed by atoms with van der Waals surface area (Å²) >= 11 is 6.25. The van der Waals surface area contributed by atoms with Crippen molar-refractivity contribution in [3.8, 4) is 0 Å². The molecule has 1 atom stereocenters. The monoisotopic (exact) mass is 218 g/mol. The first-order chi connectivity index (χ1) is 6.26. The second-order valence-corrected chi connectivity index (χ2v) is 8.04. The first-order valence-electron chi connectivity index (χ1n) is 5.52. The van der Waals surface area contributed by atoms with Crippen LogP contribution in [0.4, 0.5) is 0 Å². The Morgan fingerprint density at radius 3 is 2.00 bits per heavy atom. The van der Waals surface area contributed by atoms with Gasteiger partial charge >= 0.3 is 0 Å². The van der Waals surface area contributed by atoms with Gasteiger partial charge in [0, 0.05) is 5.00 Å². The smallest absolute Gasteiger partial charge is 0.0628 e. The number of unbranched alkanes of at least 4 members (excludes halogenated alkanes) is 2. The molecule has 0 aliphatic heterocycles. The van der Waals surface area contributed by atoms with Gasteiger partial charge in [-0.15, -0.1) is 18.2 Å². The lowest BCUT2D eigenvalue weighted by molar-refractivity contribution is 0.838. The molecule has 78 valence electrons. The third kappa shape index (κ3) is 6.34. The van der Waals surface area contributed by atoms with Gasteiger partial charge in [0.15, 0.2) is 0 Å². The molecule has 0 aromatic heterocycles. The highest BCUT2D eigenvalue weighted by atomic mass is 35.5. The SMILES string of the molecule is C=CC(Cl)[SiH](CCCC)CCCC. The van der Waals surface area contributed by atoms with Crippen molar-refractivity contribution in [3.05, 3.63) is 12.7 Å². The molecule has 0 nitrogen and oxygen atoms in total. The summed E-state index contributed by atoms with van der Waals surface area (Å²) in [5.41, 5.74) is 0. The van der Waals surface area contributed by atoms with E-state index in [1.165, 1.54) is 37.8 Å². The Hall–Kier alpha value is 0.247. The van der Waals surface area contributed by atoms with E-state index in [9.17, 15) is 0 Å². The number of allylic oxidation sites excluding steroid dienone is 1. The topological polar surface area (TPSA) is 0 Å². The van der Waals surface area contributed by atoms with Crippen LogP contribution >= 0.6 is 11.6 Å². The van der Waals surface area contributed by atoms with Crippen LogP contribution in [0.25, 0.3) is 0 Å². The maximum atomic E-state index is 6.25. The van der Waals surface area contributed by atoms with Crippen molar-refractivity contribution in [3.63, 3.8) is 0 Å². The Kier molecular flexibility index (Phi) is 9.00. The van der Waals surface area contributed by atoms with Gasteiger partial charge in [0.25, 0.3) is 0 Å². The number of alkyl halides is 1. The van der Waals surface area contributed by atoms with Crippen LogP contribution in [-0.4, -0.2) is 13.8 Å². The standard InChI is InChI=1S/C11H23ClSi/c1-4-7-9-13(10-8-5-2)11(12)6-3/h6,11,13H,3-5,7-10H2,1-2H3. The van der Waals surface area contributed by atoms with E-state index in [4.69, 9.17) is 11.6 Å². The number of hydrogen-bond donors (Lipinski definition) is 0. The van der Waals surface area contributed by atoms with Crippen molar-refractivity contribution in [1.29, 1.82) is 0 Å². The first kappa shape index (κ1) is 13.2. The number of rotatable bonds is 8. The zero-order valence-corrected chi connectivity index (χ0v) is 11.0. The van der Waals surface area contributed by atoms with Gasteiger partial charge in [-0.25, -0.2) is 0 Å². The second-order valence-electron chi connectivity index (χ2n) is 3.72. The van der Waals surface area contributed by atoms with Crippen LogP contribution in [0.15, 0.2) is 12.7 Å². The third-order valence-electron chi connectivity index (χ3n) is 2.53. The van der Waals surface area contributed by atoms with Crippen LogP contribution in [-0.2, 0) is 0 Å². The summed E-state index contributed by atoms with van der Waals surface area (Å²) in [5.74, 6) is 0. The molecule has 0 N–H and O–H groups in total. The van der Waals surface area contributed by atoms with Gasteiger partial charge in [0.05, 0.1) is 8.80 Å². The first-order valence-corrected chi connectivity index (χ1v) is 8.26. The average Bonchev–Trinajstić information content (AvgIpc) is 2.17. The largest absolute Gasteiger partial charge is 0.123 e. The van der Waals surface area contributed by atoms with E-state index in [0.29, 0.717) is 5.00 Å². The highest BCUT2D eigenvalue weighted by Gasteiger charge is 2.16. The number of halogens is 1. The molecule has 0 aromatic rings. The average molecular weight is 219 g/mol. The molecule has 13 heavy (non-hydrogen) atoms. The van der Waals surface area contributed by atoms with Crippen LogP contribution < -0.4 is 0 Å². The van der Waals surface area contributed by atoms with E-state index < -0.39 is 8.80 Å². The maximum absolute atomic E-state index is 6.25. The van der Waals surface area contributed by atoms with Crippen LogP contribution in [0.5, 0.6) is 0 Å². The van der Waals surface area contributed by atoms with Gasteiger partial charge in [0.1, 0.15) is 0 Å². The van der Waals surface area contributed by atoms with Crippen LogP contribution in [0.1, 0.15) is 39.5 Å². The van der Waals surface area contributed by atoms with Crippen LogP contribution in [0, 0.1) is 0 Å². The van der Waals surface area contributed by atoms with Crippen LogP contribution in [0.2, 0.25) is 12.1 Å². The van der Waals surface area contributed by atoms with Gasteiger partial charge in [0.2, 0.25) is 0 Å². The third-order valence-corrected chi connectivity index (χ3v) is 7.25. The van der Waals surface area contributed by atoms with E-state index in [1.54, 1.807) is 0 Å². The second kappa shape index (κ2) is 8.83. The highest BCUT2D eigenvalue weighted by molar-refractivity contribution is 6.70. The summed E-state index contributed by atoms with van der Waals surface area (Å²) in [6.07, 6.45) is 7.27. The van der Waals surface area contributed by atoms with Crippen LogP contribution in [0.3, 0.4) is 0 Å². The molecule has 0 saturated heterocycles. The molecular weight excluding hydrogens is 196 g/mol. The normalized spacial score (nSPS) is 13.2. The highest BCUT2D eigenvalue weighted by Crippen LogP contribution is 2.17. The predicted octanol–water partition coefficient (Wildman–Crippen LogP) is 4.15. The fourth-order valence-electron chi connectivity index (χ4n) is 1.59. The van der Waals surface area contributed by atoms with Crippen molar-refractivity contribution < 1.29 is 0 Å². The summed E-state index contributed by atoms with van der Waals surface area (Å²) in [7, 11) is -0.716. The molecule has 0 aliphatic rings. The van der Waals surface area contributed by atoms with Crippen molar-refractivity contribution in [1.82, 2.24) is 0 Å². The van der Waals surface area contributed by atoms with Gasteiger partial charge < -0.3 is 0 Å². The van der Waals surface area contributed by atoms with Crippen molar-refractivity contribution in [2.75, 3.05) is 0 Å². The summed E-state index contributed by atoms with van der Waals surface area (Å²) in [4.78, 5) is 0. The van der Waals surface area contributed by atoms with Crippen molar-refractivity contribution in [2.24, 2.45) is 0 Å². The van der Waals surface area contributed by atoms with E-state index in [2.05, 4.69) is 20.4 Å². The lowest BCUT2D eigenvalue weighted by atomic mass is 10.4. The predicted molar refractivity (Wildman–Crippen MR) is 66.4 cm³/mol. The lowest BCUT2D eigenvalue weighted by Gasteiger charge is -2.17. The molecule has 0 amide bonds. The zero-order valence-electron chi connectivity index (χ0n) is 9.06. The molecule has 0 spiro atoms. The fourth-order valence-corrected chi connectivity index (χ4v) is 5.52. The Bertz CT molecular complexity index is 117. The van der Waals surface area contributed by atoms with Gasteiger partial charge in [-0.05, 0) is 0 Å². The van der Waals surface area contributed by atoms with Gasteiger partial charge in [-0.2, -0.15) is 0 Å². The van der Waals surface area contributed by atoms with E-state index in [1.807, 2.05) is 6.08 Å². The van der Waals surface area contributed by atoms with Crippen molar-refractivity contribution in [2.45, 2.75) is 56.6 Å². The quantitative estimate of drug-likeness (QED) is 0.326.